The zero-order valence-electron chi connectivity index (χ0n) is 38.7. The predicted molar refractivity (Wildman–Crippen MR) is 263 cm³/mol. The first-order valence-corrected chi connectivity index (χ1v) is 22.7. The maximum absolute atomic E-state index is 14.9. The fourth-order valence-corrected chi connectivity index (χ4v) is 8.63. The molecule has 0 aliphatic carbocycles. The molecule has 7 aromatic carbocycles. The molecule has 0 fully saturated rings. The summed E-state index contributed by atoms with van der Waals surface area (Å²) in [7, 11) is 4.88. The van der Waals surface area contributed by atoms with E-state index in [-0.39, 0.29) is 13.2 Å². The summed E-state index contributed by atoms with van der Waals surface area (Å²) in [5, 5.41) is 0. The Morgan fingerprint density at radius 1 is 0.471 bits per heavy atom. The first-order valence-electron chi connectivity index (χ1n) is 22.7. The van der Waals surface area contributed by atoms with Crippen molar-refractivity contribution in [3.05, 3.63) is 197 Å². The van der Waals surface area contributed by atoms with Crippen molar-refractivity contribution in [3.8, 4) is 73.8 Å². The molecule has 0 spiro atoms. The first kappa shape index (κ1) is 45.1. The van der Waals surface area contributed by atoms with Gasteiger partial charge in [0.1, 0.15) is 37.9 Å². The lowest BCUT2D eigenvalue weighted by atomic mass is 9.89. The topological polar surface area (TPSA) is 95.8 Å². The van der Waals surface area contributed by atoms with Crippen LogP contribution in [-0.4, -0.2) is 38.5 Å². The molecule has 10 nitrogen and oxygen atoms in total. The van der Waals surface area contributed by atoms with Gasteiger partial charge in [-0.2, -0.15) is 0 Å². The number of carbonyl (C=O) groups excluding carboxylic acids is 1. The second kappa shape index (κ2) is 21.0. The van der Waals surface area contributed by atoms with Crippen LogP contribution in [0.15, 0.2) is 164 Å². The number of aromatic nitrogens is 1. The van der Waals surface area contributed by atoms with E-state index in [0.29, 0.717) is 89.9 Å². The van der Waals surface area contributed by atoms with Gasteiger partial charge in [0.2, 0.25) is 0 Å². The van der Waals surface area contributed by atoms with Crippen molar-refractivity contribution in [2.75, 3.05) is 27.9 Å². The van der Waals surface area contributed by atoms with Crippen LogP contribution in [0.4, 0.5) is 0 Å². The number of benzene rings is 7. The number of nitrogens with zero attached hydrogens (tertiary/aromatic N) is 1. The Balaban J connectivity index is 1.30. The summed E-state index contributed by atoms with van der Waals surface area (Å²) in [5.74, 6) is 3.17. The molecule has 0 saturated carbocycles. The lowest BCUT2D eigenvalue weighted by molar-refractivity contribution is 0.0514. The highest BCUT2D eigenvalue weighted by Gasteiger charge is 2.36. The number of esters is 1. The normalized spacial score (nSPS) is 11.5. The Bertz CT molecular complexity index is 2990. The van der Waals surface area contributed by atoms with E-state index in [0.717, 1.165) is 50.2 Å². The summed E-state index contributed by atoms with van der Waals surface area (Å²) in [6.45, 7) is 3.59. The molecule has 0 N–H and O–H groups in total. The van der Waals surface area contributed by atoms with Gasteiger partial charge in [-0.3, -0.25) is 0 Å². The minimum atomic E-state index is -0.487. The highest BCUT2D eigenvalue weighted by molar-refractivity contribution is 6.08. The Morgan fingerprint density at radius 2 is 0.926 bits per heavy atom. The molecule has 0 radical (unpaired) electrons. The largest absolute Gasteiger partial charge is 0.493 e. The molecule has 1 aliphatic rings. The third kappa shape index (κ3) is 9.71. The number of hydrogen-bond acceptors (Lipinski definition) is 9. The Morgan fingerprint density at radius 3 is 1.43 bits per heavy atom. The van der Waals surface area contributed by atoms with Gasteiger partial charge in [0, 0.05) is 34.9 Å². The summed E-state index contributed by atoms with van der Waals surface area (Å²) in [6, 6.07) is 53.6. The molecule has 2 heterocycles. The van der Waals surface area contributed by atoms with Gasteiger partial charge in [0.25, 0.3) is 0 Å². The SMILES string of the molecule is CCOC(=O)c1c(-c2cc(OC)c(OCc3ccccc3)cc2OCc2ccccc2)c(-c2ccc(OC)c(OCc3ccccc3)c2)c2n1CCc1cc(OC)c(OCc3ccccc3)cc1-2. The maximum Gasteiger partial charge on any atom is 0.355 e. The molecule has 68 heavy (non-hydrogen) atoms. The highest BCUT2D eigenvalue weighted by atomic mass is 16.5. The lowest BCUT2D eigenvalue weighted by Gasteiger charge is -2.24. The van der Waals surface area contributed by atoms with Crippen LogP contribution >= 0.6 is 0 Å². The summed E-state index contributed by atoms with van der Waals surface area (Å²) in [4.78, 5) is 14.9. The fraction of sp³-hybridized carbons (Fsp3) is 0.190. The van der Waals surface area contributed by atoms with E-state index in [2.05, 4.69) is 4.57 Å². The minimum Gasteiger partial charge on any atom is -0.493 e. The average Bonchev–Trinajstić information content (AvgIpc) is 3.75. The first-order chi connectivity index (χ1) is 33.5. The fourth-order valence-electron chi connectivity index (χ4n) is 8.63. The van der Waals surface area contributed by atoms with E-state index in [1.807, 2.05) is 171 Å². The number of methoxy groups -OCH3 is 3. The van der Waals surface area contributed by atoms with Crippen LogP contribution in [0.2, 0.25) is 0 Å². The van der Waals surface area contributed by atoms with Crippen LogP contribution in [0.1, 0.15) is 45.2 Å². The Hall–Kier alpha value is -8.11. The van der Waals surface area contributed by atoms with Crippen molar-refractivity contribution < 1.29 is 42.7 Å². The lowest BCUT2D eigenvalue weighted by Crippen LogP contribution is -2.18. The van der Waals surface area contributed by atoms with E-state index in [1.165, 1.54) is 0 Å². The molecule has 0 unspecified atom stereocenters. The van der Waals surface area contributed by atoms with Crippen molar-refractivity contribution in [1.29, 1.82) is 0 Å². The van der Waals surface area contributed by atoms with Gasteiger partial charge in [-0.1, -0.05) is 127 Å². The van der Waals surface area contributed by atoms with E-state index in [1.54, 1.807) is 21.3 Å². The van der Waals surface area contributed by atoms with Gasteiger partial charge < -0.3 is 42.5 Å². The summed E-state index contributed by atoms with van der Waals surface area (Å²) in [5.41, 5.74) is 9.69. The molecule has 0 atom stereocenters. The van der Waals surface area contributed by atoms with Gasteiger partial charge in [0.15, 0.2) is 34.5 Å². The van der Waals surface area contributed by atoms with Gasteiger partial charge >= 0.3 is 5.97 Å². The molecule has 0 amide bonds. The molecule has 1 aliphatic heterocycles. The standard InChI is InChI=1S/C58H53NO9/c1-5-64-58(60)57-55(46-33-50(63-4)53(68-38-42-24-16-9-17-25-42)34-48(46)65-35-39-18-10-6-11-19-39)54(44-26-27-47(61-2)51(31-44)66-36-40-20-12-7-13-21-40)56-45-32-52(67-37-41-22-14-8-15-23-41)49(62-3)30-43(45)28-29-59(56)57/h6-27,30-34H,5,28-29,35-38H2,1-4H3. The molecule has 0 saturated heterocycles. The predicted octanol–water partition coefficient (Wildman–Crippen LogP) is 12.6. The van der Waals surface area contributed by atoms with Crippen molar-refractivity contribution in [2.24, 2.45) is 0 Å². The molecule has 1 aromatic heterocycles. The van der Waals surface area contributed by atoms with Crippen LogP contribution in [0.5, 0.6) is 40.2 Å². The van der Waals surface area contributed by atoms with Crippen molar-refractivity contribution in [1.82, 2.24) is 4.57 Å². The number of hydrogen-bond donors (Lipinski definition) is 0. The van der Waals surface area contributed by atoms with Gasteiger partial charge in [-0.05, 0) is 77.1 Å². The number of ether oxygens (including phenoxy) is 8. The zero-order valence-corrected chi connectivity index (χ0v) is 38.7. The van der Waals surface area contributed by atoms with E-state index in [4.69, 9.17) is 37.9 Å². The Kier molecular flexibility index (Phi) is 13.9. The minimum absolute atomic E-state index is 0.159. The maximum atomic E-state index is 14.9. The van der Waals surface area contributed by atoms with Crippen LogP contribution < -0.4 is 33.2 Å². The van der Waals surface area contributed by atoms with E-state index < -0.39 is 5.97 Å². The van der Waals surface area contributed by atoms with Gasteiger partial charge in [-0.15, -0.1) is 0 Å². The molecule has 8 aromatic rings. The van der Waals surface area contributed by atoms with Crippen LogP contribution in [-0.2, 0) is 44.1 Å². The smallest absolute Gasteiger partial charge is 0.355 e. The summed E-state index contributed by atoms with van der Waals surface area (Å²) in [6.07, 6.45) is 0.596. The number of fused-ring (bicyclic) bond motifs is 3. The second-order valence-corrected chi connectivity index (χ2v) is 16.2. The van der Waals surface area contributed by atoms with E-state index >= 15 is 0 Å². The highest BCUT2D eigenvalue weighted by Crippen LogP contribution is 2.54. The van der Waals surface area contributed by atoms with Crippen molar-refractivity contribution in [3.63, 3.8) is 0 Å². The van der Waals surface area contributed by atoms with Crippen LogP contribution in [0.25, 0.3) is 33.5 Å². The summed E-state index contributed by atoms with van der Waals surface area (Å²) >= 11 is 0. The molecule has 10 heteroatoms. The van der Waals surface area contributed by atoms with Crippen LogP contribution in [0, 0.1) is 0 Å². The summed E-state index contributed by atoms with van der Waals surface area (Å²) < 4.78 is 52.5. The zero-order chi connectivity index (χ0) is 46.8. The molecule has 9 rings (SSSR count). The van der Waals surface area contributed by atoms with Gasteiger partial charge in [-0.25, -0.2) is 4.79 Å². The quantitative estimate of drug-likeness (QED) is 0.0735. The average molecular weight is 908 g/mol. The van der Waals surface area contributed by atoms with E-state index in [9.17, 15) is 4.79 Å². The molecular weight excluding hydrogens is 855 g/mol. The third-order valence-electron chi connectivity index (χ3n) is 11.9. The number of aryl methyl sites for hydroxylation is 1. The monoisotopic (exact) mass is 907 g/mol. The molecule has 344 valence electrons. The number of carbonyl (C=O) groups is 1. The van der Waals surface area contributed by atoms with Crippen molar-refractivity contribution >= 4 is 5.97 Å². The molecule has 0 bridgehead atoms. The number of rotatable bonds is 19. The Labute approximate surface area is 397 Å². The van der Waals surface area contributed by atoms with Crippen molar-refractivity contribution in [2.45, 2.75) is 46.3 Å². The second-order valence-electron chi connectivity index (χ2n) is 16.2. The van der Waals surface area contributed by atoms with Gasteiger partial charge in [0.05, 0.1) is 33.6 Å². The van der Waals surface area contributed by atoms with Crippen LogP contribution in [0.3, 0.4) is 0 Å². The third-order valence-corrected chi connectivity index (χ3v) is 11.9. The molecular formula is C58H53NO9.